The van der Waals surface area contributed by atoms with E-state index in [-0.39, 0.29) is 6.47 Å². The number of esters is 1. The number of ether oxygens (including phenoxy) is 1. The summed E-state index contributed by atoms with van der Waals surface area (Å²) in [6, 6.07) is 6.92. The standard InChI is InChI=1S/C9H8O3.C2H6/c1-7-4-2-3-5-8(7)9(11)12-6-10;1-2/h2-6H,1H3;1-2H3. The minimum absolute atomic E-state index is 0.134. The van der Waals surface area contributed by atoms with E-state index in [2.05, 4.69) is 4.74 Å². The van der Waals surface area contributed by atoms with E-state index in [1.807, 2.05) is 19.9 Å². The topological polar surface area (TPSA) is 43.4 Å². The fourth-order valence-corrected chi connectivity index (χ4v) is 0.909. The van der Waals surface area contributed by atoms with Gasteiger partial charge in [0.1, 0.15) is 0 Å². The molecule has 0 aromatic heterocycles. The van der Waals surface area contributed by atoms with Gasteiger partial charge in [0, 0.05) is 0 Å². The largest absolute Gasteiger partial charge is 0.392 e. The van der Waals surface area contributed by atoms with Gasteiger partial charge in [0.2, 0.25) is 0 Å². The molecule has 0 unspecified atom stereocenters. The zero-order valence-electron chi connectivity index (χ0n) is 8.61. The lowest BCUT2D eigenvalue weighted by Gasteiger charge is -2.00. The smallest absolute Gasteiger partial charge is 0.345 e. The highest BCUT2D eigenvalue weighted by molar-refractivity contribution is 5.94. The zero-order valence-corrected chi connectivity index (χ0v) is 8.61. The van der Waals surface area contributed by atoms with Crippen LogP contribution in [0.2, 0.25) is 0 Å². The number of rotatable bonds is 2. The molecule has 14 heavy (non-hydrogen) atoms. The predicted molar refractivity (Wildman–Crippen MR) is 54.0 cm³/mol. The first kappa shape index (κ1) is 12.4. The average molecular weight is 194 g/mol. The quantitative estimate of drug-likeness (QED) is 0.412. The minimum atomic E-state index is -0.608. The maximum atomic E-state index is 11.0. The maximum Gasteiger partial charge on any atom is 0.345 e. The first-order valence-corrected chi connectivity index (χ1v) is 4.46. The number of hydrogen-bond acceptors (Lipinski definition) is 3. The van der Waals surface area contributed by atoms with Crippen molar-refractivity contribution in [1.82, 2.24) is 0 Å². The number of carbonyl (C=O) groups excluding carboxylic acids is 2. The molecular formula is C11H14O3. The van der Waals surface area contributed by atoms with Crippen molar-refractivity contribution >= 4 is 12.4 Å². The SMILES string of the molecule is CC.Cc1ccccc1C(=O)OC=O. The summed E-state index contributed by atoms with van der Waals surface area (Å²) in [5.74, 6) is -0.608. The van der Waals surface area contributed by atoms with E-state index in [4.69, 9.17) is 0 Å². The summed E-state index contributed by atoms with van der Waals surface area (Å²) < 4.78 is 4.19. The number of carbonyl (C=O) groups is 2. The molecule has 0 bridgehead atoms. The van der Waals surface area contributed by atoms with Crippen LogP contribution in [0.15, 0.2) is 24.3 Å². The first-order valence-electron chi connectivity index (χ1n) is 4.46. The van der Waals surface area contributed by atoms with E-state index in [1.54, 1.807) is 25.1 Å². The molecule has 1 aromatic rings. The number of aryl methyl sites for hydroxylation is 1. The third-order valence-corrected chi connectivity index (χ3v) is 1.52. The molecule has 0 saturated heterocycles. The van der Waals surface area contributed by atoms with Crippen LogP contribution in [0.5, 0.6) is 0 Å². The highest BCUT2D eigenvalue weighted by Gasteiger charge is 2.07. The Morgan fingerprint density at radius 1 is 1.29 bits per heavy atom. The van der Waals surface area contributed by atoms with Crippen molar-refractivity contribution in [2.45, 2.75) is 20.8 Å². The zero-order chi connectivity index (χ0) is 11.0. The lowest BCUT2D eigenvalue weighted by molar-refractivity contribution is -0.123. The number of hydrogen-bond donors (Lipinski definition) is 0. The molecule has 0 radical (unpaired) electrons. The van der Waals surface area contributed by atoms with Gasteiger partial charge in [-0.15, -0.1) is 0 Å². The Hall–Kier alpha value is -1.64. The van der Waals surface area contributed by atoms with Gasteiger partial charge in [-0.1, -0.05) is 32.0 Å². The van der Waals surface area contributed by atoms with Gasteiger partial charge in [0.05, 0.1) is 5.56 Å². The van der Waals surface area contributed by atoms with Crippen molar-refractivity contribution in [3.05, 3.63) is 35.4 Å². The van der Waals surface area contributed by atoms with Crippen LogP contribution in [-0.4, -0.2) is 12.4 Å². The molecule has 0 heterocycles. The summed E-state index contributed by atoms with van der Waals surface area (Å²) >= 11 is 0. The summed E-state index contributed by atoms with van der Waals surface area (Å²) in [7, 11) is 0. The molecule has 0 aliphatic heterocycles. The molecule has 0 amide bonds. The van der Waals surface area contributed by atoms with Gasteiger partial charge in [-0.3, -0.25) is 4.79 Å². The number of benzene rings is 1. The predicted octanol–water partition coefficient (Wildman–Crippen LogP) is 2.33. The van der Waals surface area contributed by atoms with E-state index in [9.17, 15) is 9.59 Å². The van der Waals surface area contributed by atoms with E-state index < -0.39 is 5.97 Å². The fraction of sp³-hybridized carbons (Fsp3) is 0.273. The maximum absolute atomic E-state index is 11.0. The van der Waals surface area contributed by atoms with Crippen LogP contribution in [0.3, 0.4) is 0 Å². The summed E-state index contributed by atoms with van der Waals surface area (Å²) in [6.45, 7) is 5.91. The molecule has 0 N–H and O–H groups in total. The molecule has 0 atom stereocenters. The Morgan fingerprint density at radius 3 is 2.36 bits per heavy atom. The molecule has 0 saturated carbocycles. The third-order valence-electron chi connectivity index (χ3n) is 1.52. The van der Waals surface area contributed by atoms with Crippen molar-refractivity contribution in [1.29, 1.82) is 0 Å². The third kappa shape index (κ3) is 3.39. The van der Waals surface area contributed by atoms with Gasteiger partial charge in [0.15, 0.2) is 0 Å². The van der Waals surface area contributed by atoms with Crippen molar-refractivity contribution in [2.24, 2.45) is 0 Å². The van der Waals surface area contributed by atoms with Gasteiger partial charge in [-0.05, 0) is 18.6 Å². The summed E-state index contributed by atoms with van der Waals surface area (Å²) in [6.07, 6.45) is 0. The Labute approximate surface area is 83.7 Å². The summed E-state index contributed by atoms with van der Waals surface area (Å²) in [5.41, 5.74) is 1.22. The van der Waals surface area contributed by atoms with E-state index in [0.717, 1.165) is 5.56 Å². The average Bonchev–Trinajstić information content (AvgIpc) is 2.22. The Morgan fingerprint density at radius 2 is 1.86 bits per heavy atom. The Bertz CT molecular complexity index is 305. The molecule has 0 aliphatic rings. The van der Waals surface area contributed by atoms with Crippen LogP contribution in [-0.2, 0) is 9.53 Å². The molecule has 76 valence electrons. The molecule has 3 nitrogen and oxygen atoms in total. The van der Waals surface area contributed by atoms with Gasteiger partial charge >= 0.3 is 12.4 Å². The van der Waals surface area contributed by atoms with Crippen molar-refractivity contribution in [3.8, 4) is 0 Å². The van der Waals surface area contributed by atoms with Gasteiger partial charge < -0.3 is 4.74 Å². The van der Waals surface area contributed by atoms with Crippen LogP contribution >= 0.6 is 0 Å². The minimum Gasteiger partial charge on any atom is -0.392 e. The van der Waals surface area contributed by atoms with Crippen LogP contribution in [0, 0.1) is 6.92 Å². The second kappa shape index (κ2) is 6.83. The van der Waals surface area contributed by atoms with Crippen LogP contribution in [0.4, 0.5) is 0 Å². The molecule has 1 rings (SSSR count). The van der Waals surface area contributed by atoms with E-state index in [1.165, 1.54) is 0 Å². The lowest BCUT2D eigenvalue weighted by Crippen LogP contribution is -2.04. The molecule has 0 aliphatic carbocycles. The van der Waals surface area contributed by atoms with Crippen molar-refractivity contribution in [3.63, 3.8) is 0 Å². The van der Waals surface area contributed by atoms with Gasteiger partial charge in [-0.25, -0.2) is 4.79 Å². The first-order chi connectivity index (χ1) is 6.75. The van der Waals surface area contributed by atoms with Crippen molar-refractivity contribution < 1.29 is 14.3 Å². The Balaban J connectivity index is 0.000000791. The van der Waals surface area contributed by atoms with Gasteiger partial charge in [-0.2, -0.15) is 0 Å². The molecule has 3 heteroatoms. The lowest BCUT2D eigenvalue weighted by atomic mass is 10.1. The monoisotopic (exact) mass is 194 g/mol. The van der Waals surface area contributed by atoms with E-state index in [0.29, 0.717) is 5.56 Å². The van der Waals surface area contributed by atoms with Crippen LogP contribution < -0.4 is 0 Å². The van der Waals surface area contributed by atoms with E-state index >= 15 is 0 Å². The van der Waals surface area contributed by atoms with Crippen molar-refractivity contribution in [2.75, 3.05) is 0 Å². The molecule has 0 fully saturated rings. The fourth-order valence-electron chi connectivity index (χ4n) is 0.909. The van der Waals surface area contributed by atoms with Gasteiger partial charge in [0.25, 0.3) is 0 Å². The normalized spacial score (nSPS) is 8.21. The molecule has 0 spiro atoms. The molecule has 1 aromatic carbocycles. The van der Waals surface area contributed by atoms with Crippen LogP contribution in [0.25, 0.3) is 0 Å². The highest BCUT2D eigenvalue weighted by atomic mass is 16.6. The summed E-state index contributed by atoms with van der Waals surface area (Å²) in [4.78, 5) is 20.9. The summed E-state index contributed by atoms with van der Waals surface area (Å²) in [5, 5.41) is 0. The second-order valence-electron chi connectivity index (χ2n) is 2.32. The second-order valence-corrected chi connectivity index (χ2v) is 2.32. The van der Waals surface area contributed by atoms with Crippen LogP contribution in [0.1, 0.15) is 29.8 Å². The Kier molecular flexibility index (Phi) is 6.03. The highest BCUT2D eigenvalue weighted by Crippen LogP contribution is 2.07. The molecular weight excluding hydrogens is 180 g/mol.